The van der Waals surface area contributed by atoms with Crippen LogP contribution < -0.4 is 5.59 Å². The molecule has 0 saturated heterocycles. The number of hydrogen-bond donors (Lipinski definition) is 1. The van der Waals surface area contributed by atoms with Gasteiger partial charge in [0.15, 0.2) is 0 Å². The minimum absolute atomic E-state index is 0.204. The largest absolute Gasteiger partial charge is 0.464 e. The fourth-order valence-electron chi connectivity index (χ4n) is 0.580. The van der Waals surface area contributed by atoms with Crippen LogP contribution in [0.1, 0.15) is 27.2 Å². The van der Waals surface area contributed by atoms with Gasteiger partial charge in [-0.05, 0) is 20.3 Å². The maximum Gasteiger partial charge on any atom is 0.427 e. The van der Waals surface area contributed by atoms with Gasteiger partial charge in [-0.15, -0.1) is 0 Å². The van der Waals surface area contributed by atoms with E-state index in [4.69, 9.17) is 5.11 Å². The number of hydrazone groups is 1. The Bertz CT molecular complexity index is 179. The Kier molecular flexibility index (Phi) is 1.90. The number of hydrogen-bond acceptors (Lipinski definition) is 3. The van der Waals surface area contributed by atoms with Crippen LogP contribution in [0.5, 0.6) is 0 Å². The van der Waals surface area contributed by atoms with Crippen molar-refractivity contribution in [3.63, 3.8) is 0 Å². The van der Waals surface area contributed by atoms with E-state index in [2.05, 4.69) is 15.5 Å². The van der Waals surface area contributed by atoms with E-state index in [0.717, 1.165) is 6.42 Å². The third-order valence-electron chi connectivity index (χ3n) is 1.79. The van der Waals surface area contributed by atoms with E-state index < -0.39 is 6.08 Å². The van der Waals surface area contributed by atoms with Crippen molar-refractivity contribution in [1.82, 2.24) is 10.7 Å². The Labute approximate surface area is 65.6 Å². The van der Waals surface area contributed by atoms with Crippen molar-refractivity contribution >= 4 is 6.08 Å². The molecule has 0 saturated carbocycles. The lowest BCUT2D eigenvalue weighted by molar-refractivity contribution is -0.0494. The average molecular weight is 158 g/mol. The molecule has 0 spiro atoms. The predicted molar refractivity (Wildman–Crippen MR) is 39.5 cm³/mol. The van der Waals surface area contributed by atoms with E-state index in [1.807, 2.05) is 20.8 Å². The Hall–Kier alpha value is -0.970. The van der Waals surface area contributed by atoms with Gasteiger partial charge in [-0.3, -0.25) is 0 Å². The highest BCUT2D eigenvalue weighted by atomic mass is 16.8. The summed E-state index contributed by atoms with van der Waals surface area (Å²) in [6.07, 6.45) is 0.475. The summed E-state index contributed by atoms with van der Waals surface area (Å²) in [6, 6.07) is 0. The van der Waals surface area contributed by atoms with Gasteiger partial charge in [-0.2, -0.15) is 5.12 Å². The molecule has 0 bridgehead atoms. The van der Waals surface area contributed by atoms with E-state index >= 15 is 0 Å². The first-order chi connectivity index (χ1) is 5.06. The molecule has 1 rings (SSSR count). The molecule has 11 heavy (non-hydrogen) atoms. The quantitative estimate of drug-likeness (QED) is 0.645. The minimum atomic E-state index is -0.397. The number of nitrogens with zero attached hydrogens (tertiary/aromatic N) is 3. The molecular weight excluding hydrogens is 146 g/mol. The third-order valence-corrected chi connectivity index (χ3v) is 1.79. The summed E-state index contributed by atoms with van der Waals surface area (Å²) in [7, 11) is 0. The lowest BCUT2D eigenvalue weighted by atomic mass is 10.0. The van der Waals surface area contributed by atoms with E-state index in [-0.39, 0.29) is 5.54 Å². The monoisotopic (exact) mass is 158 g/mol. The zero-order valence-corrected chi connectivity index (χ0v) is 6.90. The van der Waals surface area contributed by atoms with Crippen molar-refractivity contribution < 1.29 is 9.94 Å². The molecule has 5 nitrogen and oxygen atoms in total. The van der Waals surface area contributed by atoms with Crippen LogP contribution in [0.15, 0.2) is 5.10 Å². The van der Waals surface area contributed by atoms with Gasteiger partial charge in [-0.25, -0.2) is 0 Å². The maximum absolute atomic E-state index is 8.75. The lowest BCUT2D eigenvalue weighted by Crippen LogP contribution is -2.41. The summed E-state index contributed by atoms with van der Waals surface area (Å²) in [5.74, 6) is 0. The Morgan fingerprint density at radius 1 is 1.64 bits per heavy atom. The van der Waals surface area contributed by atoms with Crippen LogP contribution in [-0.2, 0) is 4.84 Å². The van der Waals surface area contributed by atoms with Crippen LogP contribution in [0.4, 0.5) is 0 Å². The summed E-state index contributed by atoms with van der Waals surface area (Å²) in [4.78, 5) is 4.41. The average Bonchev–Trinajstić information content (AvgIpc) is 2.36. The van der Waals surface area contributed by atoms with E-state index in [1.165, 1.54) is 5.12 Å². The minimum Gasteiger partial charge on any atom is -0.464 e. The lowest BCUT2D eigenvalue weighted by Gasteiger charge is -2.27. The normalized spacial score (nSPS) is 18.1. The highest BCUT2D eigenvalue weighted by molar-refractivity contribution is 5.64. The highest BCUT2D eigenvalue weighted by Gasteiger charge is 2.31. The van der Waals surface area contributed by atoms with Crippen molar-refractivity contribution in [1.29, 1.82) is 0 Å². The van der Waals surface area contributed by atoms with Gasteiger partial charge in [0.1, 0.15) is 5.59 Å². The molecule has 1 heterocycles. The summed E-state index contributed by atoms with van der Waals surface area (Å²) in [5, 5.41) is 13.8. The molecule has 5 heteroatoms. The standard InChI is InChI=1S/C6H12N3O2/c1-4-6(2,3)9-7-5(10)11-8-9/h4H2,1-3H3,(H,7,10). The van der Waals surface area contributed by atoms with Gasteiger partial charge in [0.05, 0.1) is 5.54 Å². The number of rotatable bonds is 2. The van der Waals surface area contributed by atoms with Crippen molar-refractivity contribution in [3.05, 3.63) is 0 Å². The molecule has 63 valence electrons. The predicted octanol–water partition coefficient (Wildman–Crippen LogP) is 0.771. The van der Waals surface area contributed by atoms with Crippen LogP contribution in [0, 0.1) is 0 Å². The SMILES string of the molecule is CCC(C)(C)N1[N]OC(O)=N1. The van der Waals surface area contributed by atoms with Crippen LogP contribution in [-0.4, -0.2) is 21.8 Å². The van der Waals surface area contributed by atoms with Gasteiger partial charge in [0.2, 0.25) is 0 Å². The van der Waals surface area contributed by atoms with Crippen molar-refractivity contribution in [3.8, 4) is 0 Å². The number of aliphatic hydroxyl groups is 1. The highest BCUT2D eigenvalue weighted by Crippen LogP contribution is 2.19. The zero-order valence-electron chi connectivity index (χ0n) is 6.90. The molecule has 0 aliphatic carbocycles. The van der Waals surface area contributed by atoms with Crippen molar-refractivity contribution in [2.75, 3.05) is 0 Å². The summed E-state index contributed by atoms with van der Waals surface area (Å²) < 4.78 is 0. The summed E-state index contributed by atoms with van der Waals surface area (Å²) >= 11 is 0. The molecule has 0 fully saturated rings. The second-order valence-electron chi connectivity index (χ2n) is 3.01. The second kappa shape index (κ2) is 2.58. The van der Waals surface area contributed by atoms with Crippen LogP contribution in [0.25, 0.3) is 0 Å². The Morgan fingerprint density at radius 3 is 2.64 bits per heavy atom. The van der Waals surface area contributed by atoms with Crippen LogP contribution in [0.2, 0.25) is 0 Å². The summed E-state index contributed by atoms with van der Waals surface area (Å²) in [5.41, 5.74) is 3.33. The molecule has 0 aromatic carbocycles. The first kappa shape index (κ1) is 8.13. The second-order valence-corrected chi connectivity index (χ2v) is 3.01. The van der Waals surface area contributed by atoms with E-state index in [0.29, 0.717) is 0 Å². The van der Waals surface area contributed by atoms with Gasteiger partial charge in [0.25, 0.3) is 0 Å². The molecule has 1 radical (unpaired) electrons. The smallest absolute Gasteiger partial charge is 0.427 e. The van der Waals surface area contributed by atoms with Crippen molar-refractivity contribution in [2.24, 2.45) is 5.10 Å². The maximum atomic E-state index is 8.75. The molecule has 1 aliphatic rings. The topological polar surface area (TPSA) is 59.2 Å². The fraction of sp³-hybridized carbons (Fsp3) is 0.833. The molecule has 0 aromatic rings. The van der Waals surface area contributed by atoms with Crippen molar-refractivity contribution in [2.45, 2.75) is 32.7 Å². The molecule has 0 amide bonds. The van der Waals surface area contributed by atoms with Gasteiger partial charge in [0, 0.05) is 0 Å². The van der Waals surface area contributed by atoms with Crippen LogP contribution >= 0.6 is 0 Å². The molecule has 1 N–H and O–H groups in total. The van der Waals surface area contributed by atoms with Crippen LogP contribution in [0.3, 0.4) is 0 Å². The first-order valence-electron chi connectivity index (χ1n) is 3.52. The van der Waals surface area contributed by atoms with E-state index in [9.17, 15) is 0 Å². The Morgan fingerprint density at radius 2 is 2.27 bits per heavy atom. The molecule has 0 aromatic heterocycles. The molecular formula is C6H12N3O2. The Balaban J connectivity index is 2.62. The van der Waals surface area contributed by atoms with Gasteiger partial charge >= 0.3 is 6.08 Å². The fourth-order valence-corrected chi connectivity index (χ4v) is 0.580. The van der Waals surface area contributed by atoms with Gasteiger partial charge in [-0.1, -0.05) is 12.0 Å². The molecule has 0 atom stereocenters. The third kappa shape index (κ3) is 1.54. The molecule has 1 aliphatic heterocycles. The molecule has 0 unspecified atom stereocenters. The van der Waals surface area contributed by atoms with E-state index in [1.54, 1.807) is 0 Å². The summed E-state index contributed by atoms with van der Waals surface area (Å²) in [6.45, 7) is 5.93. The van der Waals surface area contributed by atoms with Gasteiger partial charge < -0.3 is 9.94 Å². The number of aliphatic hydroxyl groups excluding tert-OH is 1. The zero-order chi connectivity index (χ0) is 8.48. The first-order valence-corrected chi connectivity index (χ1v) is 3.52.